The second-order valence-corrected chi connectivity index (χ2v) is 7.63. The fraction of sp³-hybridized carbons (Fsp3) is 0.240. The minimum atomic E-state index is -0.187. The van der Waals surface area contributed by atoms with E-state index >= 15 is 0 Å². The molecule has 2 aromatic carbocycles. The molecule has 30 heavy (non-hydrogen) atoms. The minimum Gasteiger partial charge on any atom is -0.349 e. The molecule has 0 unspecified atom stereocenters. The summed E-state index contributed by atoms with van der Waals surface area (Å²) in [5.41, 5.74) is 2.64. The van der Waals surface area contributed by atoms with Crippen molar-refractivity contribution < 1.29 is 9.59 Å². The summed E-state index contributed by atoms with van der Waals surface area (Å²) in [6, 6.07) is 21.3. The first-order valence-corrected chi connectivity index (χ1v) is 10.4. The molecular weight excluding hydrogens is 374 g/mol. The van der Waals surface area contributed by atoms with E-state index in [2.05, 4.69) is 10.3 Å². The average molecular weight is 399 g/mol. The monoisotopic (exact) mass is 399 g/mol. The molecule has 1 aliphatic carbocycles. The van der Waals surface area contributed by atoms with E-state index < -0.39 is 0 Å². The predicted molar refractivity (Wildman–Crippen MR) is 117 cm³/mol. The molecule has 3 aromatic rings. The number of benzene rings is 2. The molecule has 0 radical (unpaired) electrons. The van der Waals surface area contributed by atoms with Gasteiger partial charge in [0.15, 0.2) is 0 Å². The molecular formula is C25H25N3O2. The van der Waals surface area contributed by atoms with Crippen molar-refractivity contribution in [3.05, 3.63) is 95.8 Å². The first-order chi connectivity index (χ1) is 14.7. The van der Waals surface area contributed by atoms with E-state index in [1.807, 2.05) is 60.7 Å². The molecule has 1 N–H and O–H groups in total. The lowest BCUT2D eigenvalue weighted by Crippen LogP contribution is -2.33. The Labute approximate surface area is 176 Å². The summed E-state index contributed by atoms with van der Waals surface area (Å²) < 4.78 is 0. The van der Waals surface area contributed by atoms with Gasteiger partial charge in [-0.25, -0.2) is 0 Å². The zero-order chi connectivity index (χ0) is 20.8. The number of hydrogen-bond acceptors (Lipinski definition) is 3. The van der Waals surface area contributed by atoms with Crippen LogP contribution in [-0.4, -0.2) is 22.8 Å². The van der Waals surface area contributed by atoms with Gasteiger partial charge < -0.3 is 10.2 Å². The molecule has 1 fully saturated rings. The highest BCUT2D eigenvalue weighted by Gasteiger charge is 2.22. The number of hydrogen-bond donors (Lipinski definition) is 1. The second kappa shape index (κ2) is 9.35. The van der Waals surface area contributed by atoms with Gasteiger partial charge in [0.1, 0.15) is 0 Å². The van der Waals surface area contributed by atoms with Crippen LogP contribution in [0.5, 0.6) is 0 Å². The van der Waals surface area contributed by atoms with E-state index in [-0.39, 0.29) is 17.9 Å². The Morgan fingerprint density at radius 3 is 2.23 bits per heavy atom. The average Bonchev–Trinajstić information content (AvgIpc) is 3.31. The van der Waals surface area contributed by atoms with E-state index in [0.29, 0.717) is 17.7 Å². The van der Waals surface area contributed by atoms with Crippen LogP contribution in [0.15, 0.2) is 79.1 Å². The van der Waals surface area contributed by atoms with Crippen molar-refractivity contribution in [1.82, 2.24) is 10.3 Å². The summed E-state index contributed by atoms with van der Waals surface area (Å²) >= 11 is 0. The van der Waals surface area contributed by atoms with Gasteiger partial charge in [0.2, 0.25) is 0 Å². The van der Waals surface area contributed by atoms with E-state index in [9.17, 15) is 9.59 Å². The van der Waals surface area contributed by atoms with Gasteiger partial charge in [-0.2, -0.15) is 0 Å². The van der Waals surface area contributed by atoms with Gasteiger partial charge in [0, 0.05) is 24.1 Å². The fourth-order valence-corrected chi connectivity index (χ4v) is 3.83. The van der Waals surface area contributed by atoms with Crippen LogP contribution >= 0.6 is 0 Å². The molecule has 2 amide bonds. The summed E-state index contributed by atoms with van der Waals surface area (Å²) in [5.74, 6) is -0.355. The van der Waals surface area contributed by atoms with Crippen molar-refractivity contribution in [2.75, 3.05) is 4.90 Å². The number of pyridine rings is 1. The van der Waals surface area contributed by atoms with Gasteiger partial charge in [-0.15, -0.1) is 0 Å². The Morgan fingerprint density at radius 1 is 0.900 bits per heavy atom. The fourth-order valence-electron chi connectivity index (χ4n) is 3.83. The van der Waals surface area contributed by atoms with E-state index in [1.165, 1.54) is 12.4 Å². The lowest BCUT2D eigenvalue weighted by atomic mass is 10.1. The Kier molecular flexibility index (Phi) is 6.18. The number of anilines is 1. The molecule has 0 atom stereocenters. The number of rotatable bonds is 6. The van der Waals surface area contributed by atoms with Gasteiger partial charge >= 0.3 is 0 Å². The Bertz CT molecular complexity index is 999. The SMILES string of the molecule is O=C(NC1CCCC1)c1cncc(C(=O)N(Cc2ccccc2)c2ccccc2)c1. The standard InChI is InChI=1S/C25H25N3O2/c29-24(27-22-11-7-8-12-22)20-15-21(17-26-16-20)25(30)28(23-13-5-2-6-14-23)18-19-9-3-1-4-10-19/h1-6,9-10,13-17,22H,7-8,11-12,18H2,(H,27,29). The van der Waals surface area contributed by atoms with Crippen LogP contribution in [0.2, 0.25) is 0 Å². The van der Waals surface area contributed by atoms with Crippen LogP contribution in [0.4, 0.5) is 5.69 Å². The molecule has 0 spiro atoms. The van der Waals surface area contributed by atoms with E-state index in [0.717, 1.165) is 36.9 Å². The highest BCUT2D eigenvalue weighted by molar-refractivity contribution is 6.07. The maximum Gasteiger partial charge on any atom is 0.260 e. The highest BCUT2D eigenvalue weighted by atomic mass is 16.2. The molecule has 4 rings (SSSR count). The summed E-state index contributed by atoms with van der Waals surface area (Å²) in [6.07, 6.45) is 7.36. The number of amides is 2. The van der Waals surface area contributed by atoms with Crippen molar-refractivity contribution >= 4 is 17.5 Å². The van der Waals surface area contributed by atoms with Crippen LogP contribution in [0.1, 0.15) is 52.0 Å². The maximum absolute atomic E-state index is 13.4. The lowest BCUT2D eigenvalue weighted by molar-refractivity contribution is 0.0937. The first kappa shape index (κ1) is 19.8. The van der Waals surface area contributed by atoms with Gasteiger partial charge in [0.25, 0.3) is 11.8 Å². The third-order valence-electron chi connectivity index (χ3n) is 5.43. The van der Waals surface area contributed by atoms with E-state index in [4.69, 9.17) is 0 Å². The molecule has 1 aromatic heterocycles. The maximum atomic E-state index is 13.4. The zero-order valence-corrected chi connectivity index (χ0v) is 16.8. The Balaban J connectivity index is 1.58. The van der Waals surface area contributed by atoms with Gasteiger partial charge in [0.05, 0.1) is 17.7 Å². The normalized spacial score (nSPS) is 13.7. The first-order valence-electron chi connectivity index (χ1n) is 10.4. The van der Waals surface area contributed by atoms with Crippen LogP contribution in [0, 0.1) is 0 Å². The summed E-state index contributed by atoms with van der Waals surface area (Å²) in [4.78, 5) is 31.9. The topological polar surface area (TPSA) is 62.3 Å². The van der Waals surface area contributed by atoms with Crippen LogP contribution in [-0.2, 0) is 6.54 Å². The second-order valence-electron chi connectivity index (χ2n) is 7.63. The van der Waals surface area contributed by atoms with Crippen molar-refractivity contribution in [2.24, 2.45) is 0 Å². The quantitative estimate of drug-likeness (QED) is 0.659. The number of aromatic nitrogens is 1. The molecule has 0 bridgehead atoms. The minimum absolute atomic E-state index is 0.168. The van der Waals surface area contributed by atoms with Crippen LogP contribution in [0.3, 0.4) is 0 Å². The van der Waals surface area contributed by atoms with Crippen LogP contribution < -0.4 is 10.2 Å². The largest absolute Gasteiger partial charge is 0.349 e. The summed E-state index contributed by atoms with van der Waals surface area (Å²) in [7, 11) is 0. The zero-order valence-electron chi connectivity index (χ0n) is 16.8. The molecule has 1 heterocycles. The van der Waals surface area contributed by atoms with E-state index in [1.54, 1.807) is 11.0 Å². The summed E-state index contributed by atoms with van der Waals surface area (Å²) in [6.45, 7) is 0.433. The molecule has 0 aliphatic heterocycles. The number of carbonyl (C=O) groups excluding carboxylic acids is 2. The highest BCUT2D eigenvalue weighted by Crippen LogP contribution is 2.21. The predicted octanol–water partition coefficient (Wildman–Crippen LogP) is 4.60. The van der Waals surface area contributed by atoms with Crippen molar-refractivity contribution in [3.8, 4) is 0 Å². The lowest BCUT2D eigenvalue weighted by Gasteiger charge is -2.23. The van der Waals surface area contributed by atoms with Gasteiger partial charge in [-0.05, 0) is 36.6 Å². The number of para-hydroxylation sites is 1. The smallest absolute Gasteiger partial charge is 0.260 e. The number of nitrogens with one attached hydrogen (secondary N) is 1. The Hall–Kier alpha value is -3.47. The Morgan fingerprint density at radius 2 is 1.53 bits per heavy atom. The van der Waals surface area contributed by atoms with Crippen molar-refractivity contribution in [3.63, 3.8) is 0 Å². The van der Waals surface area contributed by atoms with Crippen molar-refractivity contribution in [2.45, 2.75) is 38.3 Å². The van der Waals surface area contributed by atoms with Crippen molar-refractivity contribution in [1.29, 1.82) is 0 Å². The molecule has 0 saturated heterocycles. The number of carbonyl (C=O) groups is 2. The van der Waals surface area contributed by atoms with Gasteiger partial charge in [-0.3, -0.25) is 14.6 Å². The number of nitrogens with zero attached hydrogens (tertiary/aromatic N) is 2. The molecule has 1 aliphatic rings. The van der Waals surface area contributed by atoms with Gasteiger partial charge in [-0.1, -0.05) is 61.4 Å². The molecule has 152 valence electrons. The third kappa shape index (κ3) is 4.74. The third-order valence-corrected chi connectivity index (χ3v) is 5.43. The molecule has 5 nitrogen and oxygen atoms in total. The van der Waals surface area contributed by atoms with Crippen LogP contribution in [0.25, 0.3) is 0 Å². The summed E-state index contributed by atoms with van der Waals surface area (Å²) in [5, 5.41) is 3.06. The molecule has 1 saturated carbocycles. The molecule has 5 heteroatoms.